The third kappa shape index (κ3) is 2.38. The molecule has 0 spiro atoms. The molecule has 106 valence electrons. The molecule has 1 aliphatic carbocycles. The molecule has 0 radical (unpaired) electrons. The Kier molecular flexibility index (Phi) is 3.42. The summed E-state index contributed by atoms with van der Waals surface area (Å²) >= 11 is 0. The topological polar surface area (TPSA) is 29.5 Å². The normalized spacial score (nSPS) is 22.3. The molecule has 1 unspecified atom stereocenters. The lowest BCUT2D eigenvalue weighted by molar-refractivity contribution is 0.130. The van der Waals surface area contributed by atoms with Gasteiger partial charge in [0.2, 0.25) is 0 Å². The van der Waals surface area contributed by atoms with Gasteiger partial charge in [-0.3, -0.25) is 0 Å². The molecule has 1 aromatic rings. The Morgan fingerprint density at radius 1 is 1.00 bits per heavy atom. The monoisotopic (exact) mass is 262 g/mol. The van der Waals surface area contributed by atoms with Crippen LogP contribution >= 0.6 is 0 Å². The number of benzene rings is 1. The summed E-state index contributed by atoms with van der Waals surface area (Å²) in [6, 6.07) is 7.85. The molecule has 0 bridgehead atoms. The van der Waals surface area contributed by atoms with Crippen LogP contribution in [0.25, 0.3) is 0 Å². The van der Waals surface area contributed by atoms with Gasteiger partial charge in [0.1, 0.15) is 5.75 Å². The molecule has 2 nitrogen and oxygen atoms in total. The highest BCUT2D eigenvalue weighted by Crippen LogP contribution is 2.72. The number of hydrogen-bond acceptors (Lipinski definition) is 2. The van der Waals surface area contributed by atoms with Crippen LogP contribution in [-0.4, -0.2) is 11.2 Å². The van der Waals surface area contributed by atoms with E-state index in [2.05, 4.69) is 27.7 Å². The molecule has 1 aliphatic rings. The lowest BCUT2D eigenvalue weighted by Gasteiger charge is -2.15. The molecule has 0 heterocycles. The molecule has 1 aromatic carbocycles. The molecule has 0 aliphatic heterocycles. The Hall–Kier alpha value is -1.02. The number of aliphatic hydroxyl groups excluding tert-OH is 1. The second-order valence-electron chi connectivity index (χ2n) is 7.10. The lowest BCUT2D eigenvalue weighted by atomic mass is 9.99. The summed E-state index contributed by atoms with van der Waals surface area (Å²) in [5, 5.41) is 10.6. The van der Waals surface area contributed by atoms with Gasteiger partial charge in [-0.25, -0.2) is 0 Å². The Morgan fingerprint density at radius 3 is 1.84 bits per heavy atom. The van der Waals surface area contributed by atoms with E-state index in [1.165, 1.54) is 0 Å². The van der Waals surface area contributed by atoms with Crippen molar-refractivity contribution in [2.75, 3.05) is 0 Å². The smallest absolute Gasteiger partial charge is 0.119 e. The van der Waals surface area contributed by atoms with Gasteiger partial charge >= 0.3 is 0 Å². The van der Waals surface area contributed by atoms with Crippen molar-refractivity contribution in [1.29, 1.82) is 0 Å². The maximum Gasteiger partial charge on any atom is 0.119 e. The molecule has 1 N–H and O–H groups in total. The fourth-order valence-electron chi connectivity index (χ4n) is 3.25. The minimum Gasteiger partial charge on any atom is -0.491 e. The Balaban J connectivity index is 2.11. The van der Waals surface area contributed by atoms with Gasteiger partial charge in [0, 0.05) is 5.92 Å². The quantitative estimate of drug-likeness (QED) is 0.881. The van der Waals surface area contributed by atoms with Gasteiger partial charge < -0.3 is 9.84 Å². The van der Waals surface area contributed by atoms with E-state index < -0.39 is 6.10 Å². The van der Waals surface area contributed by atoms with Crippen LogP contribution in [0.4, 0.5) is 0 Å². The minimum absolute atomic E-state index is 0.178. The number of ether oxygens (including phenoxy) is 1. The second kappa shape index (κ2) is 4.52. The first kappa shape index (κ1) is 14.4. The predicted molar refractivity (Wildman–Crippen MR) is 78.2 cm³/mol. The zero-order chi connectivity index (χ0) is 14.4. The minimum atomic E-state index is -0.391. The van der Waals surface area contributed by atoms with E-state index in [4.69, 9.17) is 4.74 Å². The first-order chi connectivity index (χ1) is 8.68. The highest BCUT2D eigenvalue weighted by atomic mass is 16.5. The van der Waals surface area contributed by atoms with Crippen molar-refractivity contribution >= 4 is 0 Å². The van der Waals surface area contributed by atoms with Gasteiger partial charge in [-0.05, 0) is 42.4 Å². The van der Waals surface area contributed by atoms with Crippen molar-refractivity contribution in [3.8, 4) is 5.75 Å². The molecule has 2 heteroatoms. The van der Waals surface area contributed by atoms with E-state index in [1.807, 2.05) is 38.1 Å². The predicted octanol–water partition coefficient (Wildman–Crippen LogP) is 4.19. The average Bonchev–Trinajstić information content (AvgIpc) is 2.68. The van der Waals surface area contributed by atoms with Crippen molar-refractivity contribution in [3.63, 3.8) is 0 Å². The van der Waals surface area contributed by atoms with E-state index in [1.54, 1.807) is 0 Å². The van der Waals surface area contributed by atoms with Crippen LogP contribution in [0.1, 0.15) is 53.2 Å². The fraction of sp³-hybridized carbons (Fsp3) is 0.647. The number of hydrogen-bond donors (Lipinski definition) is 1. The van der Waals surface area contributed by atoms with Crippen molar-refractivity contribution in [2.24, 2.45) is 16.7 Å². The molecule has 0 amide bonds. The third-order valence-corrected chi connectivity index (χ3v) is 5.04. The van der Waals surface area contributed by atoms with E-state index >= 15 is 0 Å². The van der Waals surface area contributed by atoms with Crippen LogP contribution in [0.5, 0.6) is 5.75 Å². The fourth-order valence-corrected chi connectivity index (χ4v) is 3.25. The van der Waals surface area contributed by atoms with Crippen molar-refractivity contribution in [2.45, 2.75) is 53.8 Å². The van der Waals surface area contributed by atoms with E-state index in [0.717, 1.165) is 11.3 Å². The zero-order valence-corrected chi connectivity index (χ0v) is 12.9. The van der Waals surface area contributed by atoms with Crippen molar-refractivity contribution in [3.05, 3.63) is 29.8 Å². The molecule has 0 aromatic heterocycles. The van der Waals surface area contributed by atoms with Gasteiger partial charge in [0.15, 0.2) is 0 Å². The van der Waals surface area contributed by atoms with E-state index in [9.17, 15) is 5.11 Å². The first-order valence-corrected chi connectivity index (χ1v) is 7.12. The summed E-state index contributed by atoms with van der Waals surface area (Å²) in [6.07, 6.45) is -0.213. The zero-order valence-electron chi connectivity index (χ0n) is 12.9. The first-order valence-electron chi connectivity index (χ1n) is 7.12. The third-order valence-electron chi connectivity index (χ3n) is 5.04. The summed E-state index contributed by atoms with van der Waals surface area (Å²) < 4.78 is 5.63. The van der Waals surface area contributed by atoms with Gasteiger partial charge in [0.05, 0.1) is 12.2 Å². The molecular formula is C17H26O2. The standard InChI is InChI=1S/C17H26O2/c1-11(2)19-13-9-7-12(8-10-13)14(18)15-16(3,4)17(15,5)6/h7-11,14-15,18H,1-6H3. The van der Waals surface area contributed by atoms with Gasteiger partial charge in [0.25, 0.3) is 0 Å². The molecule has 1 atom stereocenters. The van der Waals surface area contributed by atoms with Gasteiger partial charge in [-0.15, -0.1) is 0 Å². The summed E-state index contributed by atoms with van der Waals surface area (Å²) in [4.78, 5) is 0. The molecule has 19 heavy (non-hydrogen) atoms. The molecule has 0 saturated heterocycles. The maximum absolute atomic E-state index is 10.6. The van der Waals surface area contributed by atoms with Crippen LogP contribution in [0, 0.1) is 16.7 Å². The molecule has 2 rings (SSSR count). The average molecular weight is 262 g/mol. The number of rotatable bonds is 4. The highest BCUT2D eigenvalue weighted by molar-refractivity contribution is 5.31. The summed E-state index contributed by atoms with van der Waals surface area (Å²) in [6.45, 7) is 13.0. The van der Waals surface area contributed by atoms with Crippen molar-refractivity contribution in [1.82, 2.24) is 0 Å². The molecular weight excluding hydrogens is 236 g/mol. The Morgan fingerprint density at radius 2 is 1.47 bits per heavy atom. The SMILES string of the molecule is CC(C)Oc1ccc(C(O)C2C(C)(C)C2(C)C)cc1. The van der Waals surface area contributed by atoms with Crippen LogP contribution < -0.4 is 4.74 Å². The van der Waals surface area contributed by atoms with Crippen LogP contribution in [-0.2, 0) is 0 Å². The molecule has 1 saturated carbocycles. The van der Waals surface area contributed by atoms with Gasteiger partial charge in [-0.1, -0.05) is 39.8 Å². The van der Waals surface area contributed by atoms with Crippen LogP contribution in [0.2, 0.25) is 0 Å². The van der Waals surface area contributed by atoms with E-state index in [0.29, 0.717) is 5.92 Å². The highest BCUT2D eigenvalue weighted by Gasteiger charge is 2.67. The number of aliphatic hydroxyl groups is 1. The molecule has 1 fully saturated rings. The largest absolute Gasteiger partial charge is 0.491 e. The lowest BCUT2D eigenvalue weighted by Crippen LogP contribution is -2.07. The Bertz CT molecular complexity index is 429. The second-order valence-corrected chi connectivity index (χ2v) is 7.10. The summed E-state index contributed by atoms with van der Waals surface area (Å²) in [7, 11) is 0. The van der Waals surface area contributed by atoms with Crippen molar-refractivity contribution < 1.29 is 9.84 Å². The van der Waals surface area contributed by atoms with Crippen LogP contribution in [0.3, 0.4) is 0 Å². The van der Waals surface area contributed by atoms with Crippen LogP contribution in [0.15, 0.2) is 24.3 Å². The maximum atomic E-state index is 10.6. The summed E-state index contributed by atoms with van der Waals surface area (Å²) in [5.74, 6) is 1.18. The van der Waals surface area contributed by atoms with E-state index in [-0.39, 0.29) is 16.9 Å². The summed E-state index contributed by atoms with van der Waals surface area (Å²) in [5.41, 5.74) is 1.37. The Labute approximate surface area is 116 Å². The van der Waals surface area contributed by atoms with Gasteiger partial charge in [-0.2, -0.15) is 0 Å².